The molecule has 0 unspecified atom stereocenters. The number of rotatable bonds is 3. The lowest BCUT2D eigenvalue weighted by atomic mass is 9.93. The van der Waals surface area contributed by atoms with Crippen LogP contribution in [0.15, 0.2) is 22.7 Å². The normalized spacial score (nSPS) is 23.7. The molecule has 0 saturated heterocycles. The van der Waals surface area contributed by atoms with Crippen molar-refractivity contribution in [3.8, 4) is 0 Å². The van der Waals surface area contributed by atoms with Crippen LogP contribution in [0.1, 0.15) is 31.2 Å². The average molecular weight is 329 g/mol. The van der Waals surface area contributed by atoms with E-state index in [1.807, 2.05) is 18.2 Å². The van der Waals surface area contributed by atoms with Crippen molar-refractivity contribution in [2.24, 2.45) is 5.73 Å². The minimum atomic E-state index is -0.138. The molecule has 1 fully saturated rings. The first-order valence-electron chi connectivity index (χ1n) is 6.10. The minimum Gasteiger partial charge on any atom is -0.393 e. The van der Waals surface area contributed by atoms with E-state index in [1.54, 1.807) is 0 Å². The molecule has 4 N–H and O–H groups in total. The molecule has 0 amide bonds. The van der Waals surface area contributed by atoms with Crippen molar-refractivity contribution >= 4 is 38.8 Å². The molecular formula is C13H17BrN2OS. The molecule has 5 heteroatoms. The Morgan fingerprint density at radius 1 is 1.33 bits per heavy atom. The van der Waals surface area contributed by atoms with Crippen LogP contribution in [-0.4, -0.2) is 22.2 Å². The maximum atomic E-state index is 9.50. The smallest absolute Gasteiger partial charge is 0.106 e. The minimum absolute atomic E-state index is 0.138. The molecule has 2 rings (SSSR count). The number of thiocarbonyl (C=S) groups is 1. The largest absolute Gasteiger partial charge is 0.393 e. The van der Waals surface area contributed by atoms with Crippen molar-refractivity contribution in [3.63, 3.8) is 0 Å². The fourth-order valence-corrected chi connectivity index (χ4v) is 2.83. The fraction of sp³-hybridized carbons (Fsp3) is 0.462. The van der Waals surface area contributed by atoms with Gasteiger partial charge in [0.2, 0.25) is 0 Å². The summed E-state index contributed by atoms with van der Waals surface area (Å²) in [5, 5.41) is 13.0. The molecule has 0 atom stereocenters. The first-order chi connectivity index (χ1) is 8.56. The van der Waals surface area contributed by atoms with Crippen LogP contribution in [0.5, 0.6) is 0 Å². The SMILES string of the molecule is NC(=S)c1ccc(Br)cc1NC1CCC(O)CC1. The molecule has 0 aromatic heterocycles. The first kappa shape index (κ1) is 13.8. The maximum Gasteiger partial charge on any atom is 0.106 e. The van der Waals surface area contributed by atoms with Crippen LogP contribution in [0.2, 0.25) is 0 Å². The lowest BCUT2D eigenvalue weighted by Crippen LogP contribution is -2.29. The van der Waals surface area contributed by atoms with Crippen LogP contribution in [0.3, 0.4) is 0 Å². The number of halogens is 1. The molecule has 0 bridgehead atoms. The van der Waals surface area contributed by atoms with E-state index in [9.17, 15) is 5.11 Å². The van der Waals surface area contributed by atoms with E-state index in [0.717, 1.165) is 41.4 Å². The predicted octanol–water partition coefficient (Wildman–Crippen LogP) is 2.80. The van der Waals surface area contributed by atoms with Crippen molar-refractivity contribution in [3.05, 3.63) is 28.2 Å². The number of hydrogen-bond donors (Lipinski definition) is 3. The van der Waals surface area contributed by atoms with Crippen LogP contribution in [0.25, 0.3) is 0 Å². The van der Waals surface area contributed by atoms with Gasteiger partial charge in [-0.15, -0.1) is 0 Å². The van der Waals surface area contributed by atoms with Gasteiger partial charge in [-0.05, 0) is 43.9 Å². The lowest BCUT2D eigenvalue weighted by Gasteiger charge is -2.28. The quantitative estimate of drug-likeness (QED) is 0.747. The fourth-order valence-electron chi connectivity index (χ4n) is 2.29. The zero-order valence-corrected chi connectivity index (χ0v) is 12.4. The van der Waals surface area contributed by atoms with Gasteiger partial charge >= 0.3 is 0 Å². The second kappa shape index (κ2) is 5.99. The lowest BCUT2D eigenvalue weighted by molar-refractivity contribution is 0.126. The molecular weight excluding hydrogens is 312 g/mol. The van der Waals surface area contributed by atoms with E-state index in [4.69, 9.17) is 18.0 Å². The third-order valence-corrected chi connectivity index (χ3v) is 4.02. The van der Waals surface area contributed by atoms with E-state index >= 15 is 0 Å². The molecule has 1 aliphatic carbocycles. The number of hydrogen-bond acceptors (Lipinski definition) is 3. The highest BCUT2D eigenvalue weighted by atomic mass is 79.9. The molecule has 98 valence electrons. The van der Waals surface area contributed by atoms with Gasteiger partial charge < -0.3 is 16.2 Å². The second-order valence-corrected chi connectivity index (χ2v) is 6.06. The Kier molecular flexibility index (Phi) is 4.59. The Labute approximate surface area is 121 Å². The summed E-state index contributed by atoms with van der Waals surface area (Å²) < 4.78 is 1.00. The summed E-state index contributed by atoms with van der Waals surface area (Å²) in [4.78, 5) is 0.404. The molecule has 18 heavy (non-hydrogen) atoms. The van der Waals surface area contributed by atoms with E-state index in [2.05, 4.69) is 21.2 Å². The van der Waals surface area contributed by atoms with E-state index < -0.39 is 0 Å². The summed E-state index contributed by atoms with van der Waals surface area (Å²) in [6.07, 6.45) is 3.53. The highest BCUT2D eigenvalue weighted by molar-refractivity contribution is 9.10. The molecule has 1 aromatic carbocycles. The van der Waals surface area contributed by atoms with Gasteiger partial charge in [0, 0.05) is 21.8 Å². The van der Waals surface area contributed by atoms with Crippen molar-refractivity contribution in [1.82, 2.24) is 0 Å². The maximum absolute atomic E-state index is 9.50. The van der Waals surface area contributed by atoms with Crippen molar-refractivity contribution < 1.29 is 5.11 Å². The predicted molar refractivity (Wildman–Crippen MR) is 81.9 cm³/mol. The summed E-state index contributed by atoms with van der Waals surface area (Å²) in [6.45, 7) is 0. The van der Waals surface area contributed by atoms with Gasteiger partial charge in [0.05, 0.1) is 6.10 Å². The highest BCUT2D eigenvalue weighted by Crippen LogP contribution is 2.26. The van der Waals surface area contributed by atoms with Crippen molar-refractivity contribution in [2.45, 2.75) is 37.8 Å². The van der Waals surface area contributed by atoms with Gasteiger partial charge in [0.15, 0.2) is 0 Å². The summed E-state index contributed by atoms with van der Waals surface area (Å²) in [5.41, 5.74) is 7.57. The Balaban J connectivity index is 2.12. The van der Waals surface area contributed by atoms with Gasteiger partial charge in [-0.1, -0.05) is 28.1 Å². The van der Waals surface area contributed by atoms with Gasteiger partial charge in [0.25, 0.3) is 0 Å². The zero-order chi connectivity index (χ0) is 13.1. The Hall–Kier alpha value is -0.650. The topological polar surface area (TPSA) is 58.3 Å². The molecule has 1 aromatic rings. The number of aliphatic hydroxyl groups is 1. The van der Waals surface area contributed by atoms with Gasteiger partial charge in [-0.3, -0.25) is 0 Å². The molecule has 0 aliphatic heterocycles. The Bertz CT molecular complexity index is 445. The van der Waals surface area contributed by atoms with E-state index in [1.165, 1.54) is 0 Å². The summed E-state index contributed by atoms with van der Waals surface area (Å²) in [5.74, 6) is 0. The summed E-state index contributed by atoms with van der Waals surface area (Å²) in [6, 6.07) is 6.24. The number of benzene rings is 1. The van der Waals surface area contributed by atoms with Gasteiger partial charge in [-0.2, -0.15) is 0 Å². The highest BCUT2D eigenvalue weighted by Gasteiger charge is 2.20. The van der Waals surface area contributed by atoms with Crippen LogP contribution in [0, 0.1) is 0 Å². The average Bonchev–Trinajstić information content (AvgIpc) is 2.32. The van der Waals surface area contributed by atoms with Crippen molar-refractivity contribution in [1.29, 1.82) is 0 Å². The van der Waals surface area contributed by atoms with Gasteiger partial charge in [0.1, 0.15) is 4.99 Å². The zero-order valence-electron chi connectivity index (χ0n) is 10.0. The Morgan fingerprint density at radius 3 is 2.61 bits per heavy atom. The molecule has 0 heterocycles. The number of anilines is 1. The Morgan fingerprint density at radius 2 is 2.00 bits per heavy atom. The van der Waals surface area contributed by atoms with Crippen LogP contribution < -0.4 is 11.1 Å². The molecule has 3 nitrogen and oxygen atoms in total. The molecule has 0 radical (unpaired) electrons. The van der Waals surface area contributed by atoms with E-state index in [-0.39, 0.29) is 6.10 Å². The van der Waals surface area contributed by atoms with E-state index in [0.29, 0.717) is 11.0 Å². The third kappa shape index (κ3) is 3.43. The third-order valence-electron chi connectivity index (χ3n) is 3.30. The van der Waals surface area contributed by atoms with Crippen LogP contribution >= 0.6 is 28.1 Å². The van der Waals surface area contributed by atoms with Crippen molar-refractivity contribution in [2.75, 3.05) is 5.32 Å². The molecule has 0 spiro atoms. The summed E-state index contributed by atoms with van der Waals surface area (Å²) >= 11 is 8.52. The van der Waals surface area contributed by atoms with Gasteiger partial charge in [-0.25, -0.2) is 0 Å². The first-order valence-corrected chi connectivity index (χ1v) is 7.30. The monoisotopic (exact) mass is 328 g/mol. The summed E-state index contributed by atoms with van der Waals surface area (Å²) in [7, 11) is 0. The van der Waals surface area contributed by atoms with Crippen LogP contribution in [0.4, 0.5) is 5.69 Å². The molecule has 1 aliphatic rings. The molecule has 1 saturated carbocycles. The standard InChI is InChI=1S/C13H17BrN2OS/c14-8-1-6-11(13(15)18)12(7-8)16-9-2-4-10(17)5-3-9/h1,6-7,9-10,16-17H,2-5H2,(H2,15,18). The number of nitrogens with one attached hydrogen (secondary N) is 1. The number of nitrogens with two attached hydrogens (primary N) is 1. The van der Waals surface area contributed by atoms with Crippen LogP contribution in [-0.2, 0) is 0 Å². The number of aliphatic hydroxyl groups excluding tert-OH is 1. The second-order valence-electron chi connectivity index (χ2n) is 4.70.